The maximum Gasteiger partial charge on any atom is 0.311 e. The van der Waals surface area contributed by atoms with Gasteiger partial charge in [-0.05, 0) is 56.8 Å². The molecule has 4 unspecified atom stereocenters. The molecule has 2 bridgehead atoms. The Morgan fingerprint density at radius 3 is 2.29 bits per heavy atom. The fraction of sp³-hybridized carbons (Fsp3) is 0.882. The van der Waals surface area contributed by atoms with Gasteiger partial charge in [-0.15, -0.1) is 0 Å². The molecule has 0 radical (unpaired) electrons. The van der Waals surface area contributed by atoms with Crippen molar-refractivity contribution < 1.29 is 9.59 Å². The Bertz CT molecular complexity index is 377. The summed E-state index contributed by atoms with van der Waals surface area (Å²) < 4.78 is 0. The van der Waals surface area contributed by atoms with E-state index < -0.39 is 5.91 Å². The van der Waals surface area contributed by atoms with Crippen molar-refractivity contribution in [1.29, 1.82) is 0 Å². The summed E-state index contributed by atoms with van der Waals surface area (Å²) in [6.45, 7) is 7.48. The zero-order valence-electron chi connectivity index (χ0n) is 13.7. The summed E-state index contributed by atoms with van der Waals surface area (Å²) in [6, 6.07) is 0.127. The molecule has 0 aromatic rings. The third kappa shape index (κ3) is 3.78. The first kappa shape index (κ1) is 16.3. The zero-order chi connectivity index (χ0) is 15.4. The van der Waals surface area contributed by atoms with Gasteiger partial charge in [0.25, 0.3) is 0 Å². The van der Waals surface area contributed by atoms with Crippen molar-refractivity contribution in [3.05, 3.63) is 0 Å². The van der Waals surface area contributed by atoms with Crippen LogP contribution in [0.2, 0.25) is 0 Å². The predicted octanol–water partition coefficient (Wildman–Crippen LogP) is 2.58. The Hall–Kier alpha value is -1.06. The van der Waals surface area contributed by atoms with Gasteiger partial charge in [-0.3, -0.25) is 9.59 Å². The normalized spacial score (nSPS) is 28.4. The summed E-state index contributed by atoms with van der Waals surface area (Å²) in [5.41, 5.74) is 0. The SMILES string of the molecule is CCCN(CCC)C(=O)C(=O)NC(C)C1CC2CCC1C2. The van der Waals surface area contributed by atoms with Gasteiger partial charge in [0.05, 0.1) is 0 Å². The first-order valence-electron chi connectivity index (χ1n) is 8.66. The van der Waals surface area contributed by atoms with Crippen LogP contribution in [0.3, 0.4) is 0 Å². The smallest absolute Gasteiger partial charge is 0.311 e. The minimum Gasteiger partial charge on any atom is -0.345 e. The minimum atomic E-state index is -0.410. The molecule has 2 saturated carbocycles. The number of fused-ring (bicyclic) bond motifs is 2. The second-order valence-corrected chi connectivity index (χ2v) is 6.89. The number of carbonyl (C=O) groups is 2. The van der Waals surface area contributed by atoms with E-state index in [2.05, 4.69) is 12.2 Å². The van der Waals surface area contributed by atoms with Crippen LogP contribution in [0.5, 0.6) is 0 Å². The lowest BCUT2D eigenvalue weighted by Crippen LogP contribution is -2.48. The number of hydrogen-bond donors (Lipinski definition) is 1. The quantitative estimate of drug-likeness (QED) is 0.765. The number of amides is 2. The van der Waals surface area contributed by atoms with E-state index in [-0.39, 0.29) is 11.9 Å². The average Bonchev–Trinajstić information content (AvgIpc) is 3.08. The molecule has 120 valence electrons. The Labute approximate surface area is 128 Å². The Morgan fingerprint density at radius 1 is 1.14 bits per heavy atom. The molecule has 2 aliphatic carbocycles. The molecule has 0 heterocycles. The van der Waals surface area contributed by atoms with Gasteiger partial charge in [-0.2, -0.15) is 0 Å². The number of hydrogen-bond acceptors (Lipinski definition) is 2. The lowest BCUT2D eigenvalue weighted by Gasteiger charge is -2.29. The lowest BCUT2D eigenvalue weighted by atomic mass is 9.84. The van der Waals surface area contributed by atoms with Crippen molar-refractivity contribution in [2.24, 2.45) is 17.8 Å². The Balaban J connectivity index is 1.86. The molecule has 2 rings (SSSR count). The maximum atomic E-state index is 12.2. The molecule has 1 N–H and O–H groups in total. The van der Waals surface area contributed by atoms with Crippen LogP contribution in [0.4, 0.5) is 0 Å². The maximum absolute atomic E-state index is 12.2. The van der Waals surface area contributed by atoms with E-state index in [1.807, 2.05) is 13.8 Å². The van der Waals surface area contributed by atoms with Gasteiger partial charge in [0.15, 0.2) is 0 Å². The molecule has 21 heavy (non-hydrogen) atoms. The standard InChI is InChI=1S/C17H30N2O2/c1-4-8-19(9-5-2)17(21)16(20)18-12(3)15-11-13-6-7-14(15)10-13/h12-15H,4-11H2,1-3H3,(H,18,20). The van der Waals surface area contributed by atoms with Crippen LogP contribution < -0.4 is 5.32 Å². The fourth-order valence-electron chi connectivity index (χ4n) is 4.28. The van der Waals surface area contributed by atoms with Crippen LogP contribution in [0.15, 0.2) is 0 Å². The molecule has 0 spiro atoms. The summed E-state index contributed by atoms with van der Waals surface area (Å²) in [4.78, 5) is 26.1. The molecule has 0 aliphatic heterocycles. The van der Waals surface area contributed by atoms with E-state index in [9.17, 15) is 9.59 Å². The monoisotopic (exact) mass is 294 g/mol. The third-order valence-electron chi connectivity index (χ3n) is 5.26. The van der Waals surface area contributed by atoms with Crippen LogP contribution in [0.1, 0.15) is 59.3 Å². The largest absolute Gasteiger partial charge is 0.345 e. The second-order valence-electron chi connectivity index (χ2n) is 6.89. The molecule has 4 heteroatoms. The number of rotatable bonds is 6. The highest BCUT2D eigenvalue weighted by atomic mass is 16.2. The molecule has 4 nitrogen and oxygen atoms in total. The predicted molar refractivity (Wildman–Crippen MR) is 83.7 cm³/mol. The molecule has 0 saturated heterocycles. The van der Waals surface area contributed by atoms with Crippen LogP contribution in [0, 0.1) is 17.8 Å². The number of nitrogens with one attached hydrogen (secondary N) is 1. The molecular formula is C17H30N2O2. The lowest BCUT2D eigenvalue weighted by molar-refractivity contribution is -0.146. The van der Waals surface area contributed by atoms with E-state index in [0.29, 0.717) is 19.0 Å². The summed E-state index contributed by atoms with van der Waals surface area (Å²) in [5.74, 6) is 1.45. The van der Waals surface area contributed by atoms with Crippen molar-refractivity contribution in [3.63, 3.8) is 0 Å². The van der Waals surface area contributed by atoms with Crippen LogP contribution in [-0.2, 0) is 9.59 Å². The first-order chi connectivity index (χ1) is 10.1. The van der Waals surface area contributed by atoms with Crippen molar-refractivity contribution in [1.82, 2.24) is 10.2 Å². The number of nitrogens with zero attached hydrogens (tertiary/aromatic N) is 1. The molecule has 0 aromatic carbocycles. The second kappa shape index (κ2) is 7.28. The fourth-order valence-corrected chi connectivity index (χ4v) is 4.28. The summed E-state index contributed by atoms with van der Waals surface area (Å²) in [7, 11) is 0. The number of carbonyl (C=O) groups excluding carboxylic acids is 2. The molecule has 2 amide bonds. The highest BCUT2D eigenvalue weighted by Crippen LogP contribution is 2.49. The van der Waals surface area contributed by atoms with Crippen LogP contribution in [0.25, 0.3) is 0 Å². The average molecular weight is 294 g/mol. The summed E-state index contributed by atoms with van der Waals surface area (Å²) >= 11 is 0. The topological polar surface area (TPSA) is 49.4 Å². The summed E-state index contributed by atoms with van der Waals surface area (Å²) in [5, 5.41) is 2.97. The van der Waals surface area contributed by atoms with Crippen LogP contribution in [-0.4, -0.2) is 35.8 Å². The van der Waals surface area contributed by atoms with E-state index in [4.69, 9.17) is 0 Å². The molecule has 2 fully saturated rings. The van der Waals surface area contributed by atoms with Gasteiger partial charge in [-0.25, -0.2) is 0 Å². The molecule has 0 aromatic heterocycles. The van der Waals surface area contributed by atoms with Gasteiger partial charge in [0, 0.05) is 19.1 Å². The molecule has 2 aliphatic rings. The highest BCUT2D eigenvalue weighted by molar-refractivity contribution is 6.35. The van der Waals surface area contributed by atoms with Gasteiger partial charge < -0.3 is 10.2 Å². The van der Waals surface area contributed by atoms with Gasteiger partial charge in [0.1, 0.15) is 0 Å². The van der Waals surface area contributed by atoms with Gasteiger partial charge >= 0.3 is 11.8 Å². The zero-order valence-corrected chi connectivity index (χ0v) is 13.7. The van der Waals surface area contributed by atoms with Crippen LogP contribution >= 0.6 is 0 Å². The van der Waals surface area contributed by atoms with Crippen molar-refractivity contribution in [3.8, 4) is 0 Å². The van der Waals surface area contributed by atoms with Gasteiger partial charge in [0.2, 0.25) is 0 Å². The Morgan fingerprint density at radius 2 is 1.81 bits per heavy atom. The first-order valence-corrected chi connectivity index (χ1v) is 8.66. The Kier molecular flexibility index (Phi) is 5.65. The minimum absolute atomic E-state index is 0.127. The van der Waals surface area contributed by atoms with Crippen molar-refractivity contribution in [2.45, 2.75) is 65.3 Å². The van der Waals surface area contributed by atoms with E-state index in [1.165, 1.54) is 25.7 Å². The van der Waals surface area contributed by atoms with E-state index in [1.54, 1.807) is 4.90 Å². The highest BCUT2D eigenvalue weighted by Gasteiger charge is 2.42. The molecule has 4 atom stereocenters. The molecular weight excluding hydrogens is 264 g/mol. The summed E-state index contributed by atoms with van der Waals surface area (Å²) in [6.07, 6.45) is 7.01. The van der Waals surface area contributed by atoms with Gasteiger partial charge in [-0.1, -0.05) is 20.3 Å². The van der Waals surface area contributed by atoms with Crippen molar-refractivity contribution in [2.75, 3.05) is 13.1 Å². The van der Waals surface area contributed by atoms with Crippen molar-refractivity contribution >= 4 is 11.8 Å². The third-order valence-corrected chi connectivity index (χ3v) is 5.26. The van der Waals surface area contributed by atoms with E-state index >= 15 is 0 Å². The van der Waals surface area contributed by atoms with E-state index in [0.717, 1.165) is 24.7 Å².